The topological polar surface area (TPSA) is 57.2 Å². The number of nitrogens with zero attached hydrogens (tertiary/aromatic N) is 1. The second-order valence-corrected chi connectivity index (χ2v) is 11.7. The first-order valence-electron chi connectivity index (χ1n) is 8.82. The van der Waals surface area contributed by atoms with Gasteiger partial charge in [-0.15, -0.1) is 0 Å². The van der Waals surface area contributed by atoms with E-state index in [0.717, 1.165) is 19.3 Å². The van der Waals surface area contributed by atoms with Crippen molar-refractivity contribution in [2.75, 3.05) is 13.2 Å². The van der Waals surface area contributed by atoms with Gasteiger partial charge in [0.05, 0.1) is 13.2 Å². The molecule has 0 aromatic heterocycles. The predicted octanol–water partition coefficient (Wildman–Crippen LogP) is 2.65. The van der Waals surface area contributed by atoms with E-state index >= 15 is 0 Å². The molecule has 132 valence electrons. The smallest absolute Gasteiger partial charge is 0.334 e. The van der Waals surface area contributed by atoms with Crippen LogP contribution < -0.4 is 0 Å². The highest BCUT2D eigenvalue weighted by Crippen LogP contribution is 2.58. The average molecular weight is 343 g/mol. The van der Waals surface area contributed by atoms with Gasteiger partial charge in [-0.05, 0) is 44.0 Å². The average Bonchev–Trinajstić information content (AvgIpc) is 3.09. The molecular formula is C16H29NO5Si. The van der Waals surface area contributed by atoms with E-state index in [-0.39, 0.29) is 23.7 Å². The molecule has 3 rings (SSSR count). The third kappa shape index (κ3) is 2.48. The lowest BCUT2D eigenvalue weighted by molar-refractivity contribution is -0.355. The summed E-state index contributed by atoms with van der Waals surface area (Å²) < 4.78 is 11.8. The van der Waals surface area contributed by atoms with Gasteiger partial charge in [-0.3, -0.25) is 9.68 Å². The van der Waals surface area contributed by atoms with Crippen LogP contribution in [0.3, 0.4) is 0 Å². The van der Waals surface area contributed by atoms with E-state index in [1.807, 2.05) is 6.92 Å². The Bertz CT molecular complexity index is 473. The lowest BCUT2D eigenvalue weighted by Gasteiger charge is -2.28. The van der Waals surface area contributed by atoms with Crippen molar-refractivity contribution in [2.24, 2.45) is 5.92 Å². The molecule has 0 aliphatic carbocycles. The second-order valence-electron chi connectivity index (χ2n) is 7.53. The zero-order chi connectivity index (χ0) is 16.8. The Labute approximate surface area is 139 Å². The molecule has 3 aliphatic rings. The highest BCUT2D eigenvalue weighted by atomic mass is 28.4. The summed E-state index contributed by atoms with van der Waals surface area (Å²) in [5.41, 5.74) is -0.848. The lowest BCUT2D eigenvalue weighted by atomic mass is 9.85. The van der Waals surface area contributed by atoms with Gasteiger partial charge < -0.3 is 9.16 Å². The zero-order valence-corrected chi connectivity index (χ0v) is 15.8. The van der Waals surface area contributed by atoms with Crippen molar-refractivity contribution in [1.29, 1.82) is 0 Å². The minimum Gasteiger partial charge on any atom is -0.464 e. The van der Waals surface area contributed by atoms with Crippen molar-refractivity contribution in [3.63, 3.8) is 0 Å². The Morgan fingerprint density at radius 1 is 1.43 bits per heavy atom. The Morgan fingerprint density at radius 2 is 2.17 bits per heavy atom. The molecule has 7 heteroatoms. The van der Waals surface area contributed by atoms with Crippen LogP contribution in [-0.4, -0.2) is 50.5 Å². The number of esters is 1. The first kappa shape index (κ1) is 17.4. The third-order valence-electron chi connectivity index (χ3n) is 5.71. The molecule has 0 saturated carbocycles. The van der Waals surface area contributed by atoms with E-state index in [9.17, 15) is 4.79 Å². The molecule has 0 bridgehead atoms. The minimum absolute atomic E-state index is 0.0487. The highest BCUT2D eigenvalue weighted by molar-refractivity contribution is 6.74. The molecule has 6 nitrogen and oxygen atoms in total. The maximum atomic E-state index is 12.9. The van der Waals surface area contributed by atoms with Gasteiger partial charge in [-0.25, -0.2) is 4.79 Å². The maximum absolute atomic E-state index is 12.9. The molecule has 0 amide bonds. The first-order chi connectivity index (χ1) is 10.9. The standard InChI is InChI=1S/C16H29NO5Si/c1-6-11(3)8-9-12-14-16(15(18)19-7-2)13(23(4,5)22-14)10-20-17(16)21-12/h11-14H,6-10H2,1-5H3/t11-,12-,13-,14+,16+/m0/s1. The van der Waals surface area contributed by atoms with Crippen molar-refractivity contribution >= 4 is 14.3 Å². The van der Waals surface area contributed by atoms with Gasteiger partial charge in [0.1, 0.15) is 12.2 Å². The second kappa shape index (κ2) is 6.11. The van der Waals surface area contributed by atoms with E-state index in [1.165, 1.54) is 5.23 Å². The van der Waals surface area contributed by atoms with Gasteiger partial charge in [0, 0.05) is 5.54 Å². The number of hydrogen-bond donors (Lipinski definition) is 0. The van der Waals surface area contributed by atoms with Gasteiger partial charge in [0.15, 0.2) is 8.32 Å². The molecular weight excluding hydrogens is 314 g/mol. The number of hydrogen-bond acceptors (Lipinski definition) is 6. The van der Waals surface area contributed by atoms with Gasteiger partial charge in [0.2, 0.25) is 5.54 Å². The number of carbonyl (C=O) groups is 1. The minimum atomic E-state index is -2.04. The van der Waals surface area contributed by atoms with Crippen LogP contribution in [0, 0.1) is 5.92 Å². The summed E-state index contributed by atoms with van der Waals surface area (Å²) in [7, 11) is -2.04. The fourth-order valence-corrected chi connectivity index (χ4v) is 7.20. The van der Waals surface area contributed by atoms with Crippen LogP contribution in [0.4, 0.5) is 0 Å². The Morgan fingerprint density at radius 3 is 2.83 bits per heavy atom. The summed E-state index contributed by atoms with van der Waals surface area (Å²) in [6, 6.07) is 0. The summed E-state index contributed by atoms with van der Waals surface area (Å²) in [6.45, 7) is 11.4. The summed E-state index contributed by atoms with van der Waals surface area (Å²) in [5.74, 6) is 0.382. The summed E-state index contributed by atoms with van der Waals surface area (Å²) in [4.78, 5) is 24.6. The first-order valence-corrected chi connectivity index (χ1v) is 11.8. The van der Waals surface area contributed by atoms with Gasteiger partial charge in [0.25, 0.3) is 0 Å². The van der Waals surface area contributed by atoms with Crippen molar-refractivity contribution in [3.05, 3.63) is 0 Å². The SMILES string of the molecule is CCOC(=O)[C@]12[C@@H]3O[Si](C)(C)[C@H]1CON2O[C@H]3CC[C@@H](C)CC. The molecule has 3 aliphatic heterocycles. The Kier molecular flexibility index (Phi) is 4.61. The Balaban J connectivity index is 1.87. The van der Waals surface area contributed by atoms with E-state index in [4.69, 9.17) is 18.8 Å². The molecule has 3 heterocycles. The molecule has 0 radical (unpaired) electrons. The van der Waals surface area contributed by atoms with Crippen molar-refractivity contribution < 1.29 is 23.6 Å². The van der Waals surface area contributed by atoms with E-state index < -0.39 is 13.9 Å². The zero-order valence-electron chi connectivity index (χ0n) is 14.8. The fourth-order valence-electron chi connectivity index (χ4n) is 4.13. The van der Waals surface area contributed by atoms with Crippen molar-refractivity contribution in [3.8, 4) is 0 Å². The summed E-state index contributed by atoms with van der Waals surface area (Å²) >= 11 is 0. The monoisotopic (exact) mass is 343 g/mol. The van der Waals surface area contributed by atoms with E-state index in [0.29, 0.717) is 19.1 Å². The largest absolute Gasteiger partial charge is 0.464 e. The maximum Gasteiger partial charge on any atom is 0.334 e. The van der Waals surface area contributed by atoms with Crippen LogP contribution >= 0.6 is 0 Å². The molecule has 3 saturated heterocycles. The van der Waals surface area contributed by atoms with Crippen molar-refractivity contribution in [1.82, 2.24) is 5.23 Å². The Hall–Kier alpha value is -0.473. The summed E-state index contributed by atoms with van der Waals surface area (Å²) in [6.07, 6.45) is 2.66. The van der Waals surface area contributed by atoms with Crippen LogP contribution in [0.25, 0.3) is 0 Å². The number of rotatable bonds is 6. The van der Waals surface area contributed by atoms with Gasteiger partial charge in [-0.2, -0.15) is 0 Å². The van der Waals surface area contributed by atoms with E-state index in [1.54, 1.807) is 0 Å². The van der Waals surface area contributed by atoms with Gasteiger partial charge in [-0.1, -0.05) is 20.3 Å². The van der Waals surface area contributed by atoms with Crippen LogP contribution in [0.1, 0.15) is 40.0 Å². The molecule has 0 unspecified atom stereocenters. The van der Waals surface area contributed by atoms with E-state index in [2.05, 4.69) is 26.9 Å². The van der Waals surface area contributed by atoms with Crippen LogP contribution in [0.2, 0.25) is 18.6 Å². The van der Waals surface area contributed by atoms with Crippen LogP contribution in [0.15, 0.2) is 0 Å². The quantitative estimate of drug-likeness (QED) is 0.546. The van der Waals surface area contributed by atoms with Gasteiger partial charge >= 0.3 is 5.97 Å². The molecule has 3 fully saturated rings. The normalized spacial score (nSPS) is 39.4. The predicted molar refractivity (Wildman–Crippen MR) is 86.8 cm³/mol. The summed E-state index contributed by atoms with van der Waals surface area (Å²) in [5, 5.41) is 1.43. The molecule has 0 spiro atoms. The molecule has 0 N–H and O–H groups in total. The number of carbonyl (C=O) groups excluding carboxylic acids is 1. The number of hydroxylamine groups is 2. The van der Waals surface area contributed by atoms with Crippen LogP contribution in [0.5, 0.6) is 0 Å². The third-order valence-corrected chi connectivity index (χ3v) is 8.85. The molecule has 0 aromatic carbocycles. The molecule has 5 atom stereocenters. The van der Waals surface area contributed by atoms with Crippen LogP contribution in [-0.2, 0) is 23.6 Å². The highest BCUT2D eigenvalue weighted by Gasteiger charge is 2.78. The number of ether oxygens (including phenoxy) is 1. The van der Waals surface area contributed by atoms with Crippen molar-refractivity contribution in [2.45, 2.75) is 76.4 Å². The molecule has 0 aromatic rings. The molecule has 23 heavy (non-hydrogen) atoms. The lowest BCUT2D eigenvalue weighted by Crippen LogP contribution is -2.54. The fraction of sp³-hybridized carbons (Fsp3) is 0.938.